The highest BCUT2D eigenvalue weighted by molar-refractivity contribution is 7.92. The van der Waals surface area contributed by atoms with Gasteiger partial charge in [-0.15, -0.1) is 0 Å². The monoisotopic (exact) mass is 598 g/mol. The molecule has 0 aliphatic heterocycles. The zero-order valence-corrected chi connectivity index (χ0v) is 24.9. The van der Waals surface area contributed by atoms with Crippen LogP contribution in [0.5, 0.6) is 17.2 Å². The number of ether oxygens (including phenoxy) is 3. The maximum atomic E-state index is 13.6. The van der Waals surface area contributed by atoms with E-state index in [0.717, 1.165) is 5.56 Å². The van der Waals surface area contributed by atoms with Gasteiger partial charge in [-0.1, -0.05) is 36.4 Å². The van der Waals surface area contributed by atoms with Crippen LogP contribution in [0.15, 0.2) is 89.8 Å². The molecule has 0 unspecified atom stereocenters. The third-order valence-corrected chi connectivity index (χ3v) is 8.06. The number of Topliss-reactive ketones (excluding diaryl/α,β-unsaturated/α-hetero) is 1. The van der Waals surface area contributed by atoms with Crippen LogP contribution in [-0.2, 0) is 16.4 Å². The Bertz CT molecular complexity index is 1910. The van der Waals surface area contributed by atoms with Crippen molar-refractivity contribution >= 4 is 44.2 Å². The van der Waals surface area contributed by atoms with E-state index >= 15 is 0 Å². The number of sulfonamides is 1. The van der Waals surface area contributed by atoms with Crippen molar-refractivity contribution in [3.05, 3.63) is 102 Å². The number of anilines is 3. The SMILES string of the molecule is COc1cc(Nc2nc3ccccc3nc2NS(=O)(=O)c2cccc(CC(=O)c3ccc(C)c(OC)c3)c2)cc(OC)c1. The molecule has 43 heavy (non-hydrogen) atoms. The quantitative estimate of drug-likeness (QED) is 0.178. The summed E-state index contributed by atoms with van der Waals surface area (Å²) in [5.41, 5.74) is 3.55. The van der Waals surface area contributed by atoms with Crippen molar-refractivity contribution < 1.29 is 27.4 Å². The Labute approximate surface area is 249 Å². The van der Waals surface area contributed by atoms with Crippen LogP contribution < -0.4 is 24.2 Å². The van der Waals surface area contributed by atoms with Gasteiger partial charge in [-0.2, -0.15) is 0 Å². The van der Waals surface area contributed by atoms with E-state index in [-0.39, 0.29) is 28.7 Å². The number of hydrogen-bond acceptors (Lipinski definition) is 9. The van der Waals surface area contributed by atoms with Crippen LogP contribution in [0.2, 0.25) is 0 Å². The lowest BCUT2D eigenvalue weighted by Gasteiger charge is -2.15. The maximum absolute atomic E-state index is 13.6. The predicted octanol–water partition coefficient (Wildman–Crippen LogP) is 5.93. The van der Waals surface area contributed by atoms with Gasteiger partial charge in [-0.3, -0.25) is 9.52 Å². The molecule has 220 valence electrons. The van der Waals surface area contributed by atoms with E-state index in [2.05, 4.69) is 20.0 Å². The zero-order valence-electron chi connectivity index (χ0n) is 24.0. The number of carbonyl (C=O) groups is 1. The molecule has 5 aromatic rings. The standard InChI is InChI=1S/C32H30N4O6S/c1-20-12-13-22(16-30(20)42-4)29(37)15-21-8-7-9-26(14-21)43(38,39)36-32-31(34-27-10-5-6-11-28(27)35-32)33-23-17-24(40-2)19-25(18-23)41-3/h5-14,16-19H,15H2,1-4H3,(H,33,34)(H,35,36). The molecule has 1 aromatic heterocycles. The average Bonchev–Trinajstić information content (AvgIpc) is 3.01. The number of methoxy groups -OCH3 is 3. The number of nitrogens with one attached hydrogen (secondary N) is 2. The normalized spacial score (nSPS) is 11.2. The number of aromatic nitrogens is 2. The van der Waals surface area contributed by atoms with Crippen molar-refractivity contribution in [3.63, 3.8) is 0 Å². The number of hydrogen-bond donors (Lipinski definition) is 2. The van der Waals surface area contributed by atoms with E-state index in [0.29, 0.717) is 45.1 Å². The highest BCUT2D eigenvalue weighted by atomic mass is 32.2. The van der Waals surface area contributed by atoms with Crippen molar-refractivity contribution in [1.29, 1.82) is 0 Å². The molecule has 0 saturated heterocycles. The first-order valence-corrected chi connectivity index (χ1v) is 14.7. The van der Waals surface area contributed by atoms with Gasteiger partial charge in [0.1, 0.15) is 17.2 Å². The van der Waals surface area contributed by atoms with Crippen molar-refractivity contribution in [2.75, 3.05) is 31.4 Å². The van der Waals surface area contributed by atoms with Gasteiger partial charge in [-0.05, 0) is 48.4 Å². The Balaban J connectivity index is 1.45. The van der Waals surface area contributed by atoms with Crippen LogP contribution in [0.1, 0.15) is 21.5 Å². The van der Waals surface area contributed by atoms with Gasteiger partial charge >= 0.3 is 0 Å². The fraction of sp³-hybridized carbons (Fsp3) is 0.156. The second kappa shape index (κ2) is 12.4. The van der Waals surface area contributed by atoms with E-state index < -0.39 is 10.0 Å². The third-order valence-electron chi connectivity index (χ3n) is 6.72. The molecular weight excluding hydrogens is 568 g/mol. The molecular formula is C32H30N4O6S. The molecule has 0 aliphatic rings. The lowest BCUT2D eigenvalue weighted by Crippen LogP contribution is -2.16. The summed E-state index contributed by atoms with van der Waals surface area (Å²) < 4.78 is 45.9. The van der Waals surface area contributed by atoms with Gasteiger partial charge in [0.2, 0.25) is 0 Å². The molecule has 11 heteroatoms. The van der Waals surface area contributed by atoms with Crippen LogP contribution in [-0.4, -0.2) is 45.5 Å². The van der Waals surface area contributed by atoms with Crippen LogP contribution in [0.25, 0.3) is 11.0 Å². The summed E-state index contributed by atoms with van der Waals surface area (Å²) in [5.74, 6) is 1.69. The molecule has 0 aliphatic carbocycles. The minimum Gasteiger partial charge on any atom is -0.497 e. The van der Waals surface area contributed by atoms with Gasteiger partial charge in [-0.25, -0.2) is 18.4 Å². The number of nitrogens with zero attached hydrogens (tertiary/aromatic N) is 2. The van der Waals surface area contributed by atoms with Crippen molar-refractivity contribution in [2.45, 2.75) is 18.2 Å². The van der Waals surface area contributed by atoms with Crippen LogP contribution >= 0.6 is 0 Å². The maximum Gasteiger partial charge on any atom is 0.263 e. The molecule has 0 bridgehead atoms. The Morgan fingerprint density at radius 2 is 1.44 bits per heavy atom. The first-order valence-electron chi connectivity index (χ1n) is 13.3. The van der Waals surface area contributed by atoms with Gasteiger partial charge in [0, 0.05) is 35.9 Å². The van der Waals surface area contributed by atoms with Crippen molar-refractivity contribution in [2.24, 2.45) is 0 Å². The number of carbonyl (C=O) groups excluding carboxylic acids is 1. The van der Waals surface area contributed by atoms with E-state index in [4.69, 9.17) is 14.2 Å². The smallest absolute Gasteiger partial charge is 0.263 e. The van der Waals surface area contributed by atoms with E-state index in [1.54, 1.807) is 67.8 Å². The second-order valence-electron chi connectivity index (χ2n) is 9.67. The Morgan fingerprint density at radius 3 is 2.09 bits per heavy atom. The molecule has 0 amide bonds. The fourth-order valence-electron chi connectivity index (χ4n) is 4.46. The number of para-hydroxylation sites is 2. The highest BCUT2D eigenvalue weighted by Gasteiger charge is 2.21. The molecule has 0 saturated carbocycles. The topological polar surface area (TPSA) is 129 Å². The second-order valence-corrected chi connectivity index (χ2v) is 11.4. The van der Waals surface area contributed by atoms with Crippen LogP contribution in [0.4, 0.5) is 17.3 Å². The van der Waals surface area contributed by atoms with Crippen molar-refractivity contribution in [1.82, 2.24) is 9.97 Å². The number of fused-ring (bicyclic) bond motifs is 1. The largest absolute Gasteiger partial charge is 0.497 e. The van der Waals surface area contributed by atoms with Gasteiger partial charge < -0.3 is 19.5 Å². The number of benzene rings is 4. The minimum atomic E-state index is -4.13. The van der Waals surface area contributed by atoms with Gasteiger partial charge in [0.05, 0.1) is 37.3 Å². The number of ketones is 1. The van der Waals surface area contributed by atoms with E-state index in [1.807, 2.05) is 19.1 Å². The lowest BCUT2D eigenvalue weighted by atomic mass is 10.0. The molecule has 2 N–H and O–H groups in total. The summed E-state index contributed by atoms with van der Waals surface area (Å²) in [6, 6.07) is 23.8. The van der Waals surface area contributed by atoms with E-state index in [1.165, 1.54) is 26.4 Å². The van der Waals surface area contributed by atoms with Gasteiger partial charge in [0.25, 0.3) is 10.0 Å². The molecule has 0 fully saturated rings. The minimum absolute atomic E-state index is 0.00582. The molecule has 4 aromatic carbocycles. The fourth-order valence-corrected chi connectivity index (χ4v) is 5.54. The summed E-state index contributed by atoms with van der Waals surface area (Å²) >= 11 is 0. The molecule has 1 heterocycles. The number of aryl methyl sites for hydroxylation is 1. The van der Waals surface area contributed by atoms with Crippen LogP contribution in [0.3, 0.4) is 0 Å². The lowest BCUT2D eigenvalue weighted by molar-refractivity contribution is 0.0992. The summed E-state index contributed by atoms with van der Waals surface area (Å²) in [4.78, 5) is 22.2. The average molecular weight is 599 g/mol. The van der Waals surface area contributed by atoms with Gasteiger partial charge in [0.15, 0.2) is 17.4 Å². The summed E-state index contributed by atoms with van der Waals surface area (Å²) in [6.45, 7) is 1.89. The summed E-state index contributed by atoms with van der Waals surface area (Å²) in [7, 11) is 0.483. The first-order chi connectivity index (χ1) is 20.7. The highest BCUT2D eigenvalue weighted by Crippen LogP contribution is 2.31. The molecule has 0 radical (unpaired) electrons. The zero-order chi connectivity index (χ0) is 30.6. The number of rotatable bonds is 11. The third kappa shape index (κ3) is 6.68. The molecule has 5 rings (SSSR count). The Kier molecular flexibility index (Phi) is 8.44. The predicted molar refractivity (Wildman–Crippen MR) is 165 cm³/mol. The molecule has 0 atom stereocenters. The van der Waals surface area contributed by atoms with Crippen molar-refractivity contribution in [3.8, 4) is 17.2 Å². The summed E-state index contributed by atoms with van der Waals surface area (Å²) in [5, 5.41) is 3.14. The van der Waals surface area contributed by atoms with Crippen LogP contribution in [0, 0.1) is 6.92 Å². The summed E-state index contributed by atoms with van der Waals surface area (Å²) in [6.07, 6.45) is 0.00976. The Morgan fingerprint density at radius 1 is 0.767 bits per heavy atom. The first kappa shape index (κ1) is 29.3. The van der Waals surface area contributed by atoms with E-state index in [9.17, 15) is 13.2 Å². The Hall–Kier alpha value is -5.16. The molecule has 0 spiro atoms. The molecule has 10 nitrogen and oxygen atoms in total.